The van der Waals surface area contributed by atoms with Crippen LogP contribution >= 0.6 is 0 Å². The van der Waals surface area contributed by atoms with Crippen LogP contribution in [0.5, 0.6) is 0 Å². The normalized spacial score (nSPS) is 12.8. The quantitative estimate of drug-likeness (QED) is 0.0645. The number of carboxylic acids is 2. The molecule has 0 radical (unpaired) electrons. The Morgan fingerprint density at radius 3 is 0.911 bits per heavy atom. The molecule has 0 bridgehead atoms. The Kier molecular flexibility index (Phi) is 54.5. The van der Waals surface area contributed by atoms with Gasteiger partial charge in [0, 0.05) is 19.8 Å². The third-order valence-corrected chi connectivity index (χ3v) is 9.34. The molecule has 0 aromatic rings. The van der Waals surface area contributed by atoms with Gasteiger partial charge in [0.2, 0.25) is 0 Å². The third kappa shape index (κ3) is 47.3. The standard InChI is InChI=1S/C43H84O11.2Na/c1-4-7-10-13-16-19-22-25-28-48-31-39(52-36-41(54-38-43(46)47)33-50-30-27-24-21-18-15-12-9-6-3)34-51-35-40(53-37-42(44)45)32-49-29-26-23-20-17-14-11-8-5-2;;/h39-41H,4-38H2,1-3H3,(H,44,45)(H,46,47);;/q;2*+1/p-2. The van der Waals surface area contributed by atoms with Gasteiger partial charge in [0.05, 0.1) is 64.8 Å². The summed E-state index contributed by atoms with van der Waals surface area (Å²) in [6.45, 7) is 8.36. The van der Waals surface area contributed by atoms with E-state index in [2.05, 4.69) is 20.8 Å². The first-order valence-corrected chi connectivity index (χ1v) is 22.0. The number of hydrogen-bond acceptors (Lipinski definition) is 11. The van der Waals surface area contributed by atoms with Gasteiger partial charge in [-0.1, -0.05) is 156 Å². The third-order valence-electron chi connectivity index (χ3n) is 9.34. The minimum absolute atomic E-state index is 0. The molecule has 11 nitrogen and oxygen atoms in total. The van der Waals surface area contributed by atoms with E-state index in [0.29, 0.717) is 19.8 Å². The second-order valence-electron chi connectivity index (χ2n) is 14.8. The Balaban J connectivity index is -0.0000140. The van der Waals surface area contributed by atoms with E-state index in [1.54, 1.807) is 0 Å². The summed E-state index contributed by atoms with van der Waals surface area (Å²) in [7, 11) is 0. The fourth-order valence-electron chi connectivity index (χ4n) is 6.04. The van der Waals surface area contributed by atoms with Crippen LogP contribution in [0.2, 0.25) is 0 Å². The predicted octanol–water partition coefficient (Wildman–Crippen LogP) is 1.14. The van der Waals surface area contributed by atoms with Gasteiger partial charge in [-0.3, -0.25) is 0 Å². The molecule has 0 aliphatic rings. The molecule has 0 saturated heterocycles. The summed E-state index contributed by atoms with van der Waals surface area (Å²) in [4.78, 5) is 22.3. The molecular weight excluding hydrogens is 738 g/mol. The van der Waals surface area contributed by atoms with E-state index in [9.17, 15) is 19.8 Å². The average Bonchev–Trinajstić information content (AvgIpc) is 3.15. The molecule has 3 atom stereocenters. The van der Waals surface area contributed by atoms with E-state index in [1.807, 2.05) is 0 Å². The first-order chi connectivity index (χ1) is 26.4. The maximum atomic E-state index is 11.2. The van der Waals surface area contributed by atoms with Gasteiger partial charge in [-0.15, -0.1) is 0 Å². The number of carbonyl (C=O) groups excluding carboxylic acids is 2. The average molecular weight is 821 g/mol. The molecule has 322 valence electrons. The molecule has 0 rings (SSSR count). The Morgan fingerprint density at radius 2 is 0.607 bits per heavy atom. The molecule has 0 aliphatic carbocycles. The van der Waals surface area contributed by atoms with Crippen molar-refractivity contribution in [2.75, 3.05) is 72.7 Å². The van der Waals surface area contributed by atoms with Crippen LogP contribution in [0.3, 0.4) is 0 Å². The molecule has 0 spiro atoms. The van der Waals surface area contributed by atoms with Gasteiger partial charge in [-0.05, 0) is 19.3 Å². The maximum absolute atomic E-state index is 11.2. The molecule has 56 heavy (non-hydrogen) atoms. The van der Waals surface area contributed by atoms with Crippen molar-refractivity contribution in [1.82, 2.24) is 0 Å². The molecule has 3 unspecified atom stereocenters. The van der Waals surface area contributed by atoms with Crippen LogP contribution in [0.4, 0.5) is 0 Å². The van der Waals surface area contributed by atoms with E-state index >= 15 is 0 Å². The Morgan fingerprint density at radius 1 is 0.357 bits per heavy atom. The largest absolute Gasteiger partial charge is 1.00 e. The molecule has 13 heteroatoms. The summed E-state index contributed by atoms with van der Waals surface area (Å²) in [6, 6.07) is 0. The van der Waals surface area contributed by atoms with Crippen LogP contribution in [0.1, 0.15) is 175 Å². The fraction of sp³-hybridized carbons (Fsp3) is 0.953. The van der Waals surface area contributed by atoms with Crippen molar-refractivity contribution in [3.05, 3.63) is 0 Å². The van der Waals surface area contributed by atoms with Crippen LogP contribution in [0, 0.1) is 0 Å². The van der Waals surface area contributed by atoms with E-state index in [0.717, 1.165) is 38.5 Å². The minimum atomic E-state index is -1.30. The van der Waals surface area contributed by atoms with Crippen molar-refractivity contribution < 1.29 is 112 Å². The molecule has 0 saturated carbocycles. The van der Waals surface area contributed by atoms with Gasteiger partial charge in [-0.25, -0.2) is 0 Å². The number of rotatable bonds is 46. The van der Waals surface area contributed by atoms with Crippen molar-refractivity contribution in [1.29, 1.82) is 0 Å². The van der Waals surface area contributed by atoms with E-state index in [-0.39, 0.29) is 98.8 Å². The smallest absolute Gasteiger partial charge is 0.548 e. The molecule has 0 amide bonds. The van der Waals surface area contributed by atoms with Gasteiger partial charge in [0.15, 0.2) is 0 Å². The SMILES string of the molecule is CCCCCCCCCCOCC(COCC(COCCCCCCCCCC)OCC(COCCCCCCCCCC)OCC(=O)[O-])OCC(=O)[O-].[Na+].[Na+]. The zero-order valence-corrected chi connectivity index (χ0v) is 41.0. The van der Waals surface area contributed by atoms with Crippen LogP contribution in [-0.2, 0) is 42.7 Å². The molecule has 0 heterocycles. The molecule has 0 fully saturated rings. The van der Waals surface area contributed by atoms with Crippen molar-refractivity contribution in [3.8, 4) is 0 Å². The van der Waals surface area contributed by atoms with Gasteiger partial charge in [-0.2, -0.15) is 0 Å². The fourth-order valence-corrected chi connectivity index (χ4v) is 6.04. The minimum Gasteiger partial charge on any atom is -0.548 e. The maximum Gasteiger partial charge on any atom is 1.00 e. The Hall–Kier alpha value is 0.660. The van der Waals surface area contributed by atoms with Crippen LogP contribution in [0.25, 0.3) is 0 Å². The van der Waals surface area contributed by atoms with Crippen LogP contribution < -0.4 is 69.3 Å². The number of unbranched alkanes of at least 4 members (excludes halogenated alkanes) is 21. The van der Waals surface area contributed by atoms with Gasteiger partial charge >= 0.3 is 59.1 Å². The summed E-state index contributed by atoms with van der Waals surface area (Å²) in [5.41, 5.74) is 0. The van der Waals surface area contributed by atoms with Gasteiger partial charge < -0.3 is 53.0 Å². The van der Waals surface area contributed by atoms with Gasteiger partial charge in [0.1, 0.15) is 18.3 Å². The van der Waals surface area contributed by atoms with E-state index in [4.69, 9.17) is 33.2 Å². The predicted molar refractivity (Wildman–Crippen MR) is 210 cm³/mol. The molecule has 0 aromatic carbocycles. The zero-order valence-electron chi connectivity index (χ0n) is 37.0. The number of ether oxygens (including phenoxy) is 7. The summed E-state index contributed by atoms with van der Waals surface area (Å²) >= 11 is 0. The number of aliphatic carboxylic acids is 2. The summed E-state index contributed by atoms with van der Waals surface area (Å²) in [5, 5.41) is 22.3. The number of carbonyl (C=O) groups is 2. The van der Waals surface area contributed by atoms with Gasteiger partial charge in [0.25, 0.3) is 0 Å². The monoisotopic (exact) mass is 821 g/mol. The van der Waals surface area contributed by atoms with Crippen molar-refractivity contribution in [3.63, 3.8) is 0 Å². The molecular formula is C43H82Na2O11. The first kappa shape index (κ1) is 61.0. The van der Waals surface area contributed by atoms with Crippen molar-refractivity contribution >= 4 is 11.9 Å². The number of hydrogen-bond donors (Lipinski definition) is 0. The Labute approximate surface area is 387 Å². The van der Waals surface area contributed by atoms with Crippen LogP contribution in [0.15, 0.2) is 0 Å². The summed E-state index contributed by atoms with van der Waals surface area (Å²) in [6.07, 6.45) is 27.2. The molecule has 0 aromatic heterocycles. The van der Waals surface area contributed by atoms with Crippen molar-refractivity contribution in [2.24, 2.45) is 0 Å². The number of carboxylic acid groups (broad SMARTS) is 2. The molecule has 0 aliphatic heterocycles. The van der Waals surface area contributed by atoms with E-state index in [1.165, 1.54) is 116 Å². The van der Waals surface area contributed by atoms with E-state index < -0.39 is 43.5 Å². The summed E-state index contributed by atoms with van der Waals surface area (Å²) < 4.78 is 40.9. The second kappa shape index (κ2) is 50.0. The second-order valence-corrected chi connectivity index (χ2v) is 14.8. The van der Waals surface area contributed by atoms with Crippen LogP contribution in [-0.4, -0.2) is 103 Å². The first-order valence-electron chi connectivity index (χ1n) is 22.0. The zero-order chi connectivity index (χ0) is 39.6. The topological polar surface area (TPSA) is 145 Å². The Bertz CT molecular complexity index is 797. The molecule has 0 N–H and O–H groups in total. The van der Waals surface area contributed by atoms with Crippen molar-refractivity contribution in [2.45, 2.75) is 193 Å². The summed E-state index contributed by atoms with van der Waals surface area (Å²) in [5.74, 6) is -2.60.